The summed E-state index contributed by atoms with van der Waals surface area (Å²) in [6.07, 6.45) is 0. The molecular formula is C67H162O24Si25. The van der Waals surface area contributed by atoms with Crippen molar-refractivity contribution in [2.24, 2.45) is 0 Å². The average molecular weight is 2050 g/mol. The zero-order chi connectivity index (χ0) is 90.8. The van der Waals surface area contributed by atoms with Crippen LogP contribution >= 0.6 is 0 Å². The molecule has 0 radical (unpaired) electrons. The fraction of sp³-hybridized carbons (Fsp3) is 0.731. The van der Waals surface area contributed by atoms with Gasteiger partial charge in [0.05, 0.1) is 0 Å². The van der Waals surface area contributed by atoms with Crippen molar-refractivity contribution in [2.75, 3.05) is 0 Å². The molecule has 3 aromatic rings. The highest BCUT2D eigenvalue weighted by Gasteiger charge is 2.59. The molecule has 49 heteroatoms. The fourth-order valence-electron chi connectivity index (χ4n) is 16.8. The summed E-state index contributed by atoms with van der Waals surface area (Å²) < 4.78 is 170. The van der Waals surface area contributed by atoms with E-state index in [4.69, 9.17) is 98.8 Å². The second-order valence-corrected chi connectivity index (χ2v) is 133. The van der Waals surface area contributed by atoms with E-state index in [-0.39, 0.29) is 0 Å². The van der Waals surface area contributed by atoms with Crippen molar-refractivity contribution in [2.45, 2.75) is 321 Å². The van der Waals surface area contributed by atoms with Crippen LogP contribution in [0.1, 0.15) is 0 Å². The van der Waals surface area contributed by atoms with Crippen LogP contribution in [0.5, 0.6) is 0 Å². The fourth-order valence-corrected chi connectivity index (χ4v) is 145. The summed E-state index contributed by atoms with van der Waals surface area (Å²) >= 11 is 0. The first-order valence-corrected chi connectivity index (χ1v) is 111. The summed E-state index contributed by atoms with van der Waals surface area (Å²) in [5.74, 6) is 0. The zero-order valence-corrected chi connectivity index (χ0v) is 106. The van der Waals surface area contributed by atoms with Crippen LogP contribution in [-0.4, -0.2) is 214 Å². The van der Waals surface area contributed by atoms with Gasteiger partial charge in [0.1, 0.15) is 0 Å². The predicted octanol–water partition coefficient (Wildman–Crippen LogP) is 20.0. The van der Waals surface area contributed by atoms with Crippen LogP contribution < -0.4 is 15.6 Å². The maximum Gasteiger partial charge on any atom is 0.352 e. The summed E-state index contributed by atoms with van der Waals surface area (Å²) in [7, 11) is -71.6. The molecule has 116 heavy (non-hydrogen) atoms. The summed E-state index contributed by atoms with van der Waals surface area (Å²) in [5, 5.41) is 3.01. The third-order valence-corrected chi connectivity index (χ3v) is 113. The Balaban J connectivity index is 1.67. The SMILES string of the molecule is C[Si](C)(C)O[Si](C)(C)O[Si](C)(C)O[Si](C)(C)O[Si](C)(C)O[Si](C)(C)O[Si](C)(C)O[Si](C)(C)O[Si](C)(C)O[Si](C)(C)O[Si](C)(C)O[Si](C)(C)O[Si](C)(C)O[Si](C)(C)O[Si](C)(C)O[Si](C)(C)O[Si](C)(C)O[Si](C)(C)O[Si](C)(C)O[Si](C)(C)O[Si](C)(C)O[Si](C)(O[Si](C)(O[Si](C)(O[Si](C)(C)C)c1ccccc1)c1ccccc1)c1ccccc1. The van der Waals surface area contributed by atoms with Crippen molar-refractivity contribution in [1.82, 2.24) is 0 Å². The van der Waals surface area contributed by atoms with Gasteiger partial charge in [-0.1, -0.05) is 91.0 Å². The van der Waals surface area contributed by atoms with Crippen LogP contribution in [0.25, 0.3) is 0 Å². The first-order valence-electron chi connectivity index (χ1n) is 40.8. The molecule has 674 valence electrons. The Hall–Kier alpha value is 2.12. The molecule has 0 bridgehead atoms. The number of hydrogen-bond donors (Lipinski definition) is 0. The minimum absolute atomic E-state index is 0.972. The van der Waals surface area contributed by atoms with E-state index in [0.29, 0.717) is 0 Å². The highest BCUT2D eigenvalue weighted by atomic mass is 28.6. The average Bonchev–Trinajstić information content (AvgIpc) is 0.752. The Morgan fingerprint density at radius 1 is 0.112 bits per heavy atom. The predicted molar refractivity (Wildman–Crippen MR) is 535 cm³/mol. The monoisotopic (exact) mass is 2050 g/mol. The maximum atomic E-state index is 7.75. The maximum absolute atomic E-state index is 7.75. The molecule has 0 aliphatic heterocycles. The normalized spacial score (nSPS) is 16.8. The third kappa shape index (κ3) is 43.5. The van der Waals surface area contributed by atoms with E-state index in [0.717, 1.165) is 15.6 Å². The van der Waals surface area contributed by atoms with Gasteiger partial charge in [-0.2, -0.15) is 0 Å². The van der Waals surface area contributed by atoms with Crippen molar-refractivity contribution in [3.05, 3.63) is 91.0 Å². The van der Waals surface area contributed by atoms with Gasteiger partial charge in [0.15, 0.2) is 16.6 Å². The summed E-state index contributed by atoms with van der Waals surface area (Å²) in [5.41, 5.74) is 0. The lowest BCUT2D eigenvalue weighted by Gasteiger charge is -2.46. The molecule has 0 amide bonds. The van der Waals surface area contributed by atoms with Crippen LogP contribution in [0.15, 0.2) is 91.0 Å². The molecule has 0 aromatic heterocycles. The van der Waals surface area contributed by atoms with Gasteiger partial charge in [-0.05, 0) is 336 Å². The molecule has 0 N–H and O–H groups in total. The van der Waals surface area contributed by atoms with Gasteiger partial charge in [-0.15, -0.1) is 0 Å². The van der Waals surface area contributed by atoms with E-state index in [1.807, 2.05) is 42.5 Å². The van der Waals surface area contributed by atoms with Crippen LogP contribution in [0.3, 0.4) is 0 Å². The van der Waals surface area contributed by atoms with Crippen LogP contribution in [-0.2, 0) is 98.8 Å². The van der Waals surface area contributed by atoms with Gasteiger partial charge >= 0.3 is 197 Å². The summed E-state index contributed by atoms with van der Waals surface area (Å²) in [6, 6.07) is 31.0. The van der Waals surface area contributed by atoms with Crippen molar-refractivity contribution in [1.29, 1.82) is 0 Å². The Kier molecular flexibility index (Phi) is 38.2. The lowest BCUT2D eigenvalue weighted by molar-refractivity contribution is 0.247. The molecule has 0 saturated heterocycles. The molecule has 0 saturated carbocycles. The van der Waals surface area contributed by atoms with E-state index in [1.165, 1.54) is 0 Å². The molecule has 0 heterocycles. The highest BCUT2D eigenvalue weighted by molar-refractivity contribution is 7.02. The van der Waals surface area contributed by atoms with E-state index in [9.17, 15) is 0 Å². The summed E-state index contributed by atoms with van der Waals surface area (Å²) in [6.45, 7) is 102. The molecule has 3 unspecified atom stereocenters. The minimum Gasteiger partial charge on any atom is -0.437 e. The van der Waals surface area contributed by atoms with Crippen LogP contribution in [0.4, 0.5) is 0 Å². The largest absolute Gasteiger partial charge is 0.437 e. The Bertz CT molecular complexity index is 3590. The minimum atomic E-state index is -3.43. The van der Waals surface area contributed by atoms with Gasteiger partial charge < -0.3 is 98.8 Å². The van der Waals surface area contributed by atoms with E-state index >= 15 is 0 Å². The first kappa shape index (κ1) is 112. The first-order chi connectivity index (χ1) is 50.8. The van der Waals surface area contributed by atoms with Crippen molar-refractivity contribution in [3.63, 3.8) is 0 Å². The van der Waals surface area contributed by atoms with Crippen molar-refractivity contribution >= 4 is 229 Å². The molecule has 24 nitrogen and oxygen atoms in total. The van der Waals surface area contributed by atoms with Crippen LogP contribution in [0.2, 0.25) is 321 Å². The number of rotatable bonds is 51. The Morgan fingerprint density at radius 3 is 0.345 bits per heavy atom. The Labute approximate surface area is 733 Å². The standard InChI is InChI=1S/C67H162O24Si25/c1-92(2,3)68-94(7,8)70-95(9,10)71-96(11,12)72-97(13,14)73-98(15,16)74-99(17,18)75-100(19,20)76-101(21,22)77-102(23,24)78-103(25,26)79-104(27,28)80-105(29,30)81-106(31,32)82-107(33,34)83-108(35,36)84-109(37,38)85-110(39,40)86-111(41,42)87-112(43,44)88-113(45,46)89-115(48,66-61-55-51-56-62-66)91-116(49,67-63-57-52-58-64-67)90-114(47,69-93(4,5)6)65-59-53-50-54-60-65/h50-64H,1-49H3. The van der Waals surface area contributed by atoms with Gasteiger partial charge in [0.25, 0.3) is 0 Å². The van der Waals surface area contributed by atoms with Crippen LogP contribution in [0, 0.1) is 0 Å². The molecule has 0 spiro atoms. The zero-order valence-electron chi connectivity index (χ0n) is 81.5. The van der Waals surface area contributed by atoms with Gasteiger partial charge in [-0.25, -0.2) is 0 Å². The molecule has 0 aliphatic carbocycles. The Morgan fingerprint density at radius 2 is 0.216 bits per heavy atom. The molecule has 0 aliphatic rings. The van der Waals surface area contributed by atoms with E-state index in [2.05, 4.69) is 369 Å². The topological polar surface area (TPSA) is 222 Å². The van der Waals surface area contributed by atoms with Crippen molar-refractivity contribution in [3.8, 4) is 0 Å². The quantitative estimate of drug-likeness (QED) is 0.0479. The molecule has 3 atom stereocenters. The second kappa shape index (κ2) is 39.4. The molecule has 3 aromatic carbocycles. The van der Waals surface area contributed by atoms with Gasteiger partial charge in [0.2, 0.25) is 0 Å². The van der Waals surface area contributed by atoms with E-state index in [1.54, 1.807) is 0 Å². The molecule has 0 fully saturated rings. The van der Waals surface area contributed by atoms with Gasteiger partial charge in [-0.3, -0.25) is 0 Å². The van der Waals surface area contributed by atoms with E-state index < -0.39 is 214 Å². The molecular weight excluding hydrogens is 1890 g/mol. The highest BCUT2D eigenvalue weighted by Crippen LogP contribution is 2.37. The lowest BCUT2D eigenvalue weighted by Crippen LogP contribution is -2.71. The number of benzene rings is 3. The summed E-state index contributed by atoms with van der Waals surface area (Å²) in [4.78, 5) is 0. The van der Waals surface area contributed by atoms with Crippen molar-refractivity contribution < 1.29 is 98.8 Å². The second-order valence-electron chi connectivity index (χ2n) is 41.6. The van der Waals surface area contributed by atoms with Gasteiger partial charge in [0, 0.05) is 0 Å². The lowest BCUT2D eigenvalue weighted by atomic mass is 10.4. The number of hydrogen-bond acceptors (Lipinski definition) is 24. The molecule has 3 rings (SSSR count). The smallest absolute Gasteiger partial charge is 0.352 e. The third-order valence-electron chi connectivity index (χ3n) is 15.5.